The predicted octanol–water partition coefficient (Wildman–Crippen LogP) is 5.00. The summed E-state index contributed by atoms with van der Waals surface area (Å²) in [5.74, 6) is -1.35. The van der Waals surface area contributed by atoms with Gasteiger partial charge in [-0.3, -0.25) is 9.59 Å². The first-order chi connectivity index (χ1) is 13.9. The summed E-state index contributed by atoms with van der Waals surface area (Å²) in [6.45, 7) is 6.06. The van der Waals surface area contributed by atoms with Crippen molar-refractivity contribution in [3.05, 3.63) is 81.9 Å². The molecule has 0 spiro atoms. The summed E-state index contributed by atoms with van der Waals surface area (Å²) in [4.78, 5) is 26.8. The number of carbonyl (C=O) groups excluding carboxylic acids is 2. The van der Waals surface area contributed by atoms with Gasteiger partial charge in [-0.2, -0.15) is 0 Å². The lowest BCUT2D eigenvalue weighted by Gasteiger charge is -2.24. The molecule has 2 aromatic rings. The molecule has 1 atom stereocenters. The Bertz CT molecular complexity index is 1020. The molecule has 0 aliphatic carbocycles. The van der Waals surface area contributed by atoms with E-state index in [9.17, 15) is 14.7 Å². The van der Waals surface area contributed by atoms with Crippen LogP contribution in [0.15, 0.2) is 60.7 Å². The number of halogens is 2. The van der Waals surface area contributed by atoms with E-state index in [1.807, 2.05) is 6.92 Å². The van der Waals surface area contributed by atoms with Gasteiger partial charge in [-0.05, 0) is 42.8 Å². The summed E-state index contributed by atoms with van der Waals surface area (Å²) in [7, 11) is 0. The minimum Gasteiger partial charge on any atom is -0.507 e. The quantitative estimate of drug-likeness (QED) is 0.302. The van der Waals surface area contributed by atoms with Crippen molar-refractivity contribution in [1.29, 1.82) is 0 Å². The summed E-state index contributed by atoms with van der Waals surface area (Å²) in [6, 6.07) is 10.7. The van der Waals surface area contributed by atoms with Crippen molar-refractivity contribution < 1.29 is 19.4 Å². The van der Waals surface area contributed by atoms with E-state index in [0.29, 0.717) is 28.5 Å². The van der Waals surface area contributed by atoms with Crippen LogP contribution < -0.4 is 4.74 Å². The molecule has 0 saturated carbocycles. The first kappa shape index (κ1) is 21.0. The van der Waals surface area contributed by atoms with Crippen LogP contribution in [-0.2, 0) is 9.59 Å². The van der Waals surface area contributed by atoms with E-state index in [4.69, 9.17) is 27.9 Å². The Hall–Kier alpha value is -2.76. The molecule has 1 amide bonds. The lowest BCUT2D eigenvalue weighted by molar-refractivity contribution is -0.139. The van der Waals surface area contributed by atoms with Crippen molar-refractivity contribution >= 4 is 40.7 Å². The maximum Gasteiger partial charge on any atom is 0.295 e. The summed E-state index contributed by atoms with van der Waals surface area (Å²) in [5.41, 5.74) is 0.888. The highest BCUT2D eigenvalue weighted by atomic mass is 35.5. The lowest BCUT2D eigenvalue weighted by Crippen LogP contribution is -2.29. The fourth-order valence-corrected chi connectivity index (χ4v) is 3.74. The van der Waals surface area contributed by atoms with E-state index in [2.05, 4.69) is 6.58 Å². The molecule has 1 N–H and O–H groups in total. The zero-order valence-electron chi connectivity index (χ0n) is 15.7. The van der Waals surface area contributed by atoms with Crippen LogP contribution in [0.2, 0.25) is 10.0 Å². The van der Waals surface area contributed by atoms with Gasteiger partial charge in [0.05, 0.1) is 23.2 Å². The van der Waals surface area contributed by atoms with Crippen LogP contribution >= 0.6 is 23.2 Å². The van der Waals surface area contributed by atoms with Crippen molar-refractivity contribution in [2.24, 2.45) is 0 Å². The Labute approximate surface area is 178 Å². The average molecular weight is 432 g/mol. The number of nitrogens with zero attached hydrogens (tertiary/aromatic N) is 1. The maximum absolute atomic E-state index is 12.8. The van der Waals surface area contributed by atoms with Crippen molar-refractivity contribution in [2.75, 3.05) is 13.2 Å². The third-order valence-electron chi connectivity index (χ3n) is 4.54. The normalized spacial score (nSPS) is 18.2. The van der Waals surface area contributed by atoms with Crippen LogP contribution in [0.1, 0.15) is 24.1 Å². The minimum atomic E-state index is -0.794. The number of aliphatic hydroxyl groups is 1. The van der Waals surface area contributed by atoms with E-state index in [-0.39, 0.29) is 22.9 Å². The molecule has 1 saturated heterocycles. The van der Waals surface area contributed by atoms with Crippen molar-refractivity contribution in [1.82, 2.24) is 4.90 Å². The van der Waals surface area contributed by atoms with E-state index < -0.39 is 17.7 Å². The molecule has 0 radical (unpaired) electrons. The Morgan fingerprint density at radius 1 is 1.24 bits per heavy atom. The average Bonchev–Trinajstić information content (AvgIpc) is 2.94. The van der Waals surface area contributed by atoms with Gasteiger partial charge in [0.2, 0.25) is 0 Å². The van der Waals surface area contributed by atoms with E-state index in [1.165, 1.54) is 17.0 Å². The summed E-state index contributed by atoms with van der Waals surface area (Å²) in [5, 5.41) is 11.7. The van der Waals surface area contributed by atoms with E-state index in [1.54, 1.807) is 36.4 Å². The molecule has 5 nitrogen and oxygen atoms in total. The van der Waals surface area contributed by atoms with Gasteiger partial charge in [0.25, 0.3) is 11.7 Å². The Kier molecular flexibility index (Phi) is 6.30. The SMILES string of the molecule is C=CCN1C(=O)C(=O)/C(=C(\O)c2ccc(OCC)c(Cl)c2)C1c1cccc(Cl)c1. The van der Waals surface area contributed by atoms with Gasteiger partial charge in [0.1, 0.15) is 11.5 Å². The van der Waals surface area contributed by atoms with Gasteiger partial charge >= 0.3 is 0 Å². The van der Waals surface area contributed by atoms with Crippen molar-refractivity contribution in [3.63, 3.8) is 0 Å². The van der Waals surface area contributed by atoms with E-state index >= 15 is 0 Å². The molecular weight excluding hydrogens is 413 g/mol. The number of amides is 1. The van der Waals surface area contributed by atoms with Crippen LogP contribution in [-0.4, -0.2) is 34.8 Å². The smallest absolute Gasteiger partial charge is 0.295 e. The predicted molar refractivity (Wildman–Crippen MR) is 113 cm³/mol. The standard InChI is InChI=1S/C22H19Cl2NO4/c1-3-10-25-19(13-6-5-7-15(23)11-13)18(21(27)22(25)28)20(26)14-8-9-17(29-4-2)16(24)12-14/h3,5-9,11-12,19,26H,1,4,10H2,2H3/b20-18-. The highest BCUT2D eigenvalue weighted by molar-refractivity contribution is 6.46. The maximum atomic E-state index is 12.8. The molecule has 29 heavy (non-hydrogen) atoms. The topological polar surface area (TPSA) is 66.8 Å². The molecule has 1 unspecified atom stereocenters. The van der Waals surface area contributed by atoms with Gasteiger partial charge in [0.15, 0.2) is 0 Å². The Morgan fingerprint density at radius 3 is 2.62 bits per heavy atom. The zero-order valence-corrected chi connectivity index (χ0v) is 17.2. The van der Waals surface area contributed by atoms with Crippen molar-refractivity contribution in [2.45, 2.75) is 13.0 Å². The molecule has 1 aliphatic heterocycles. The van der Waals surface area contributed by atoms with Gasteiger partial charge < -0.3 is 14.7 Å². The number of rotatable bonds is 6. The summed E-state index contributed by atoms with van der Waals surface area (Å²) < 4.78 is 5.40. The van der Waals surface area contributed by atoms with Gasteiger partial charge in [-0.25, -0.2) is 0 Å². The number of aliphatic hydroxyl groups excluding tert-OH is 1. The largest absolute Gasteiger partial charge is 0.507 e. The lowest BCUT2D eigenvalue weighted by atomic mass is 9.95. The van der Waals surface area contributed by atoms with Crippen LogP contribution in [0.5, 0.6) is 5.75 Å². The summed E-state index contributed by atoms with van der Waals surface area (Å²) in [6.07, 6.45) is 1.52. The minimum absolute atomic E-state index is 0.0284. The number of hydrogen-bond acceptors (Lipinski definition) is 4. The third-order valence-corrected chi connectivity index (χ3v) is 5.07. The number of hydrogen-bond donors (Lipinski definition) is 1. The van der Waals surface area contributed by atoms with E-state index in [0.717, 1.165) is 0 Å². The molecular formula is C22H19Cl2NO4. The fraction of sp³-hybridized carbons (Fsp3) is 0.182. The number of benzene rings is 2. The second kappa shape index (κ2) is 8.72. The molecule has 2 aromatic carbocycles. The molecule has 0 aromatic heterocycles. The fourth-order valence-electron chi connectivity index (χ4n) is 3.31. The second-order valence-electron chi connectivity index (χ2n) is 6.37. The Balaban J connectivity index is 2.17. The summed E-state index contributed by atoms with van der Waals surface area (Å²) >= 11 is 12.3. The highest BCUT2D eigenvalue weighted by Gasteiger charge is 2.45. The number of ether oxygens (including phenoxy) is 1. The molecule has 1 heterocycles. The highest BCUT2D eigenvalue weighted by Crippen LogP contribution is 2.40. The number of ketones is 1. The van der Waals surface area contributed by atoms with Crippen LogP contribution in [0.4, 0.5) is 0 Å². The van der Waals surface area contributed by atoms with Crippen LogP contribution in [0, 0.1) is 0 Å². The van der Waals surface area contributed by atoms with Crippen LogP contribution in [0.3, 0.4) is 0 Å². The number of Topliss-reactive ketones (excluding diaryl/α,β-unsaturated/α-hetero) is 1. The van der Waals surface area contributed by atoms with Gasteiger partial charge in [-0.1, -0.05) is 41.4 Å². The molecule has 150 valence electrons. The monoisotopic (exact) mass is 431 g/mol. The Morgan fingerprint density at radius 2 is 2.00 bits per heavy atom. The van der Waals surface area contributed by atoms with Crippen molar-refractivity contribution in [3.8, 4) is 5.75 Å². The first-order valence-electron chi connectivity index (χ1n) is 8.96. The number of likely N-dealkylation sites (tertiary alicyclic amines) is 1. The van der Waals surface area contributed by atoms with Gasteiger partial charge in [0, 0.05) is 17.1 Å². The molecule has 1 fully saturated rings. The van der Waals surface area contributed by atoms with Gasteiger partial charge in [-0.15, -0.1) is 6.58 Å². The first-order valence-corrected chi connectivity index (χ1v) is 9.72. The number of carbonyl (C=O) groups is 2. The zero-order chi connectivity index (χ0) is 21.1. The third kappa shape index (κ3) is 4.02. The molecule has 7 heteroatoms. The van der Waals surface area contributed by atoms with Crippen LogP contribution in [0.25, 0.3) is 5.76 Å². The molecule has 3 rings (SSSR count). The second-order valence-corrected chi connectivity index (χ2v) is 7.22. The molecule has 1 aliphatic rings. The molecule has 0 bridgehead atoms.